The average molecular weight is 268 g/mol. The lowest BCUT2D eigenvalue weighted by atomic mass is 10.1. The summed E-state index contributed by atoms with van der Waals surface area (Å²) in [6.07, 6.45) is 4.98. The Morgan fingerprint density at radius 1 is 1.56 bits per heavy atom. The summed E-state index contributed by atoms with van der Waals surface area (Å²) in [5.41, 5.74) is 0.438. The first kappa shape index (κ1) is 13.3. The molecule has 1 aliphatic rings. The second-order valence-corrected chi connectivity index (χ2v) is 5.46. The standard InChI is InChI=1S/C13H20N2O2S/c1-3-17-12(16)11-9-18-13(14-11)15-8-6-4-5-7-10(15)2/h9-10H,3-8H2,1-2H3. The largest absolute Gasteiger partial charge is 0.461 e. The third kappa shape index (κ3) is 3.02. The predicted molar refractivity (Wildman–Crippen MR) is 73.3 cm³/mol. The van der Waals surface area contributed by atoms with Gasteiger partial charge >= 0.3 is 5.97 Å². The Kier molecular flexibility index (Phi) is 4.58. The number of aromatic nitrogens is 1. The molecular formula is C13H20N2O2S. The number of esters is 1. The van der Waals surface area contributed by atoms with Gasteiger partial charge in [0, 0.05) is 18.0 Å². The van der Waals surface area contributed by atoms with Crippen LogP contribution in [0.25, 0.3) is 0 Å². The Morgan fingerprint density at radius 3 is 3.17 bits per heavy atom. The molecule has 0 aliphatic carbocycles. The van der Waals surface area contributed by atoms with Gasteiger partial charge in [0.15, 0.2) is 10.8 Å². The summed E-state index contributed by atoms with van der Waals surface area (Å²) < 4.78 is 4.97. The van der Waals surface area contributed by atoms with Crippen LogP contribution >= 0.6 is 11.3 Å². The maximum Gasteiger partial charge on any atom is 0.357 e. The zero-order valence-electron chi connectivity index (χ0n) is 11.0. The topological polar surface area (TPSA) is 42.4 Å². The maximum atomic E-state index is 11.6. The molecule has 0 aromatic carbocycles. The van der Waals surface area contributed by atoms with Crippen LogP contribution in [0.5, 0.6) is 0 Å². The van der Waals surface area contributed by atoms with Gasteiger partial charge in [0.25, 0.3) is 0 Å². The van der Waals surface area contributed by atoms with E-state index >= 15 is 0 Å². The molecule has 0 radical (unpaired) electrons. The highest BCUT2D eigenvalue weighted by Gasteiger charge is 2.21. The third-order valence-electron chi connectivity index (χ3n) is 3.28. The molecule has 1 unspecified atom stereocenters. The van der Waals surface area contributed by atoms with Crippen molar-refractivity contribution in [2.24, 2.45) is 0 Å². The zero-order chi connectivity index (χ0) is 13.0. The van der Waals surface area contributed by atoms with Crippen molar-refractivity contribution in [3.8, 4) is 0 Å². The van der Waals surface area contributed by atoms with E-state index in [4.69, 9.17) is 4.74 Å². The van der Waals surface area contributed by atoms with E-state index in [1.165, 1.54) is 37.0 Å². The Labute approximate surface area is 112 Å². The minimum atomic E-state index is -0.317. The summed E-state index contributed by atoms with van der Waals surface area (Å²) in [6, 6.07) is 0.508. The molecule has 1 saturated heterocycles. The Balaban J connectivity index is 2.10. The number of ether oxygens (including phenoxy) is 1. The van der Waals surface area contributed by atoms with Gasteiger partial charge in [0.1, 0.15) is 0 Å². The average Bonchev–Trinajstić information content (AvgIpc) is 2.74. The number of anilines is 1. The van der Waals surface area contributed by atoms with Gasteiger partial charge in [-0.05, 0) is 26.7 Å². The quantitative estimate of drug-likeness (QED) is 0.790. The maximum absolute atomic E-state index is 11.6. The number of nitrogens with zero attached hydrogens (tertiary/aromatic N) is 2. The molecule has 4 nitrogen and oxygen atoms in total. The molecule has 18 heavy (non-hydrogen) atoms. The van der Waals surface area contributed by atoms with E-state index in [0.29, 0.717) is 18.3 Å². The highest BCUT2D eigenvalue weighted by molar-refractivity contribution is 7.13. The van der Waals surface area contributed by atoms with Crippen LogP contribution in [0.15, 0.2) is 5.38 Å². The molecule has 0 N–H and O–H groups in total. The molecule has 1 aliphatic heterocycles. The zero-order valence-corrected chi connectivity index (χ0v) is 11.8. The smallest absolute Gasteiger partial charge is 0.357 e. The Hall–Kier alpha value is -1.10. The SMILES string of the molecule is CCOC(=O)c1csc(N2CCCCCC2C)n1. The van der Waals surface area contributed by atoms with Crippen molar-refractivity contribution in [2.75, 3.05) is 18.1 Å². The summed E-state index contributed by atoms with van der Waals surface area (Å²) in [5, 5.41) is 2.75. The summed E-state index contributed by atoms with van der Waals surface area (Å²) in [4.78, 5) is 18.3. The first-order valence-corrected chi connectivity index (χ1v) is 7.49. The second-order valence-electron chi connectivity index (χ2n) is 4.63. The number of carbonyl (C=O) groups excluding carboxylic acids is 1. The molecule has 2 heterocycles. The van der Waals surface area contributed by atoms with Crippen molar-refractivity contribution < 1.29 is 9.53 Å². The van der Waals surface area contributed by atoms with E-state index in [2.05, 4.69) is 16.8 Å². The summed E-state index contributed by atoms with van der Waals surface area (Å²) in [5.74, 6) is -0.317. The van der Waals surface area contributed by atoms with Crippen LogP contribution in [0.4, 0.5) is 5.13 Å². The molecule has 100 valence electrons. The van der Waals surface area contributed by atoms with Crippen LogP contribution in [-0.2, 0) is 4.74 Å². The molecule has 1 aromatic heterocycles. The van der Waals surface area contributed by atoms with Gasteiger partial charge in [-0.15, -0.1) is 11.3 Å². The van der Waals surface area contributed by atoms with Gasteiger partial charge in [0.2, 0.25) is 0 Å². The van der Waals surface area contributed by atoms with Crippen molar-refractivity contribution in [1.29, 1.82) is 0 Å². The summed E-state index contributed by atoms with van der Waals surface area (Å²) in [7, 11) is 0. The fourth-order valence-electron chi connectivity index (χ4n) is 2.25. The van der Waals surface area contributed by atoms with Crippen molar-refractivity contribution >= 4 is 22.4 Å². The lowest BCUT2D eigenvalue weighted by molar-refractivity contribution is 0.0520. The van der Waals surface area contributed by atoms with E-state index in [9.17, 15) is 4.79 Å². The Bertz CT molecular complexity index is 405. The van der Waals surface area contributed by atoms with Gasteiger partial charge in [-0.3, -0.25) is 0 Å². The van der Waals surface area contributed by atoms with Gasteiger partial charge in [0.05, 0.1) is 6.61 Å². The highest BCUT2D eigenvalue weighted by Crippen LogP contribution is 2.27. The van der Waals surface area contributed by atoms with E-state index in [-0.39, 0.29) is 5.97 Å². The fraction of sp³-hybridized carbons (Fsp3) is 0.692. The van der Waals surface area contributed by atoms with Gasteiger partial charge in [-0.1, -0.05) is 12.8 Å². The van der Waals surface area contributed by atoms with Crippen LogP contribution in [0, 0.1) is 0 Å². The molecule has 0 amide bonds. The normalized spacial score (nSPS) is 20.6. The van der Waals surface area contributed by atoms with Crippen LogP contribution in [0.2, 0.25) is 0 Å². The van der Waals surface area contributed by atoms with E-state index in [1.807, 2.05) is 6.92 Å². The monoisotopic (exact) mass is 268 g/mol. The molecule has 2 rings (SSSR count). The number of hydrogen-bond donors (Lipinski definition) is 0. The first-order chi connectivity index (χ1) is 8.72. The molecule has 5 heteroatoms. The minimum absolute atomic E-state index is 0.317. The van der Waals surface area contributed by atoms with Crippen LogP contribution in [0.3, 0.4) is 0 Å². The van der Waals surface area contributed by atoms with Crippen molar-refractivity contribution in [3.63, 3.8) is 0 Å². The van der Waals surface area contributed by atoms with Crippen molar-refractivity contribution in [3.05, 3.63) is 11.1 Å². The highest BCUT2D eigenvalue weighted by atomic mass is 32.1. The molecule has 0 spiro atoms. The van der Waals surface area contributed by atoms with Crippen LogP contribution in [0.1, 0.15) is 50.0 Å². The number of hydrogen-bond acceptors (Lipinski definition) is 5. The molecule has 1 atom stereocenters. The molecular weight excluding hydrogens is 248 g/mol. The number of rotatable bonds is 3. The van der Waals surface area contributed by atoms with Crippen LogP contribution < -0.4 is 4.90 Å². The van der Waals surface area contributed by atoms with Gasteiger partial charge in [-0.2, -0.15) is 0 Å². The summed E-state index contributed by atoms with van der Waals surface area (Å²) in [6.45, 7) is 5.47. The molecule has 0 bridgehead atoms. The lowest BCUT2D eigenvalue weighted by Gasteiger charge is -2.26. The van der Waals surface area contributed by atoms with E-state index < -0.39 is 0 Å². The summed E-state index contributed by atoms with van der Waals surface area (Å²) >= 11 is 1.54. The van der Waals surface area contributed by atoms with Crippen LogP contribution in [-0.4, -0.2) is 30.1 Å². The van der Waals surface area contributed by atoms with Gasteiger partial charge < -0.3 is 9.64 Å². The molecule has 1 fully saturated rings. The number of carbonyl (C=O) groups is 1. The fourth-order valence-corrected chi connectivity index (χ4v) is 3.18. The van der Waals surface area contributed by atoms with Crippen molar-refractivity contribution in [1.82, 2.24) is 4.98 Å². The number of thiazole rings is 1. The van der Waals surface area contributed by atoms with Crippen molar-refractivity contribution in [2.45, 2.75) is 45.6 Å². The first-order valence-electron chi connectivity index (χ1n) is 6.61. The van der Waals surface area contributed by atoms with E-state index in [1.54, 1.807) is 5.38 Å². The Morgan fingerprint density at radius 2 is 2.39 bits per heavy atom. The lowest BCUT2D eigenvalue weighted by Crippen LogP contribution is -2.32. The second kappa shape index (κ2) is 6.18. The predicted octanol–water partition coefficient (Wildman–Crippen LogP) is 3.09. The third-order valence-corrected chi connectivity index (χ3v) is 4.15. The molecule has 0 saturated carbocycles. The van der Waals surface area contributed by atoms with E-state index in [0.717, 1.165) is 11.7 Å². The van der Waals surface area contributed by atoms with Gasteiger partial charge in [-0.25, -0.2) is 9.78 Å². The minimum Gasteiger partial charge on any atom is -0.461 e. The molecule has 1 aromatic rings.